The van der Waals surface area contributed by atoms with E-state index < -0.39 is 22.8 Å². The van der Waals surface area contributed by atoms with E-state index in [2.05, 4.69) is 11.3 Å². The van der Waals surface area contributed by atoms with Crippen molar-refractivity contribution < 1.29 is 18.3 Å². The summed E-state index contributed by atoms with van der Waals surface area (Å²) in [5.74, 6) is -1.44. The minimum Gasteiger partial charge on any atom is -0.772 e. The highest BCUT2D eigenvalue weighted by Gasteiger charge is 1.97. The molecule has 0 aromatic rings. The number of hydrogen-bond donors (Lipinski definition) is 0. The topological polar surface area (TPSA) is 66.4 Å². The molecule has 0 aromatic heterocycles. The summed E-state index contributed by atoms with van der Waals surface area (Å²) in [6.45, 7) is 3.06. The van der Waals surface area contributed by atoms with Gasteiger partial charge in [0.2, 0.25) is 0 Å². The van der Waals surface area contributed by atoms with Crippen LogP contribution in [0.25, 0.3) is 0 Å². The van der Waals surface area contributed by atoms with Crippen molar-refractivity contribution >= 4 is 17.0 Å². The molecule has 0 amide bonds. The maximum atomic E-state index is 10.2. The van der Waals surface area contributed by atoms with Crippen molar-refractivity contribution in [3.05, 3.63) is 12.8 Å². The van der Waals surface area contributed by atoms with E-state index in [0.717, 1.165) is 6.26 Å². The molecular weight excluding hydrogens is 144 g/mol. The van der Waals surface area contributed by atoms with Gasteiger partial charge >= 0.3 is 5.97 Å². The standard InChI is InChI=1S/C4H6O4S/c1-2-8-4(5)3-9(6)7/h2H,1,3H2,(H,6,7)/p-1. The molecule has 0 saturated carbocycles. The predicted molar refractivity (Wildman–Crippen MR) is 30.1 cm³/mol. The lowest BCUT2D eigenvalue weighted by Gasteiger charge is -2.00. The van der Waals surface area contributed by atoms with Crippen LogP contribution >= 0.6 is 0 Å². The van der Waals surface area contributed by atoms with E-state index in [1.165, 1.54) is 0 Å². The molecule has 0 heterocycles. The number of rotatable bonds is 3. The second kappa shape index (κ2) is 4.22. The van der Waals surface area contributed by atoms with E-state index >= 15 is 0 Å². The first kappa shape index (κ1) is 8.32. The Labute approximate surface area is 54.8 Å². The van der Waals surface area contributed by atoms with Gasteiger partial charge in [-0.05, 0) is 11.1 Å². The van der Waals surface area contributed by atoms with E-state index in [-0.39, 0.29) is 0 Å². The van der Waals surface area contributed by atoms with Crippen LogP contribution in [-0.4, -0.2) is 20.5 Å². The van der Waals surface area contributed by atoms with Crippen LogP contribution in [0.1, 0.15) is 0 Å². The molecule has 0 spiro atoms. The Morgan fingerprint density at radius 3 is 2.78 bits per heavy atom. The van der Waals surface area contributed by atoms with Gasteiger partial charge in [0, 0.05) is 0 Å². The smallest absolute Gasteiger partial charge is 0.322 e. The van der Waals surface area contributed by atoms with Gasteiger partial charge in [-0.3, -0.25) is 9.00 Å². The van der Waals surface area contributed by atoms with Crippen molar-refractivity contribution in [3.8, 4) is 0 Å². The van der Waals surface area contributed by atoms with Gasteiger partial charge in [-0.25, -0.2) is 0 Å². The van der Waals surface area contributed by atoms with Gasteiger partial charge in [-0.1, -0.05) is 6.58 Å². The summed E-state index contributed by atoms with van der Waals surface area (Å²) in [4.78, 5) is 10.2. The Bertz CT molecular complexity index is 142. The normalized spacial score (nSPS) is 12.1. The number of carbonyl (C=O) groups is 1. The third-order valence-electron chi connectivity index (χ3n) is 0.450. The average Bonchev–Trinajstić information content (AvgIpc) is 1.63. The Hall–Kier alpha value is -0.680. The zero-order valence-corrected chi connectivity index (χ0v) is 5.35. The summed E-state index contributed by atoms with van der Waals surface area (Å²) in [5.41, 5.74) is 0. The van der Waals surface area contributed by atoms with Crippen LogP contribution in [0, 0.1) is 0 Å². The third-order valence-corrected chi connectivity index (χ3v) is 0.922. The summed E-state index contributed by atoms with van der Waals surface area (Å²) in [7, 11) is 0. The molecule has 0 aliphatic heterocycles. The molecule has 0 aliphatic carbocycles. The van der Waals surface area contributed by atoms with E-state index in [1.807, 2.05) is 0 Å². The van der Waals surface area contributed by atoms with Gasteiger partial charge in [-0.15, -0.1) is 0 Å². The molecule has 5 heteroatoms. The fourth-order valence-corrected chi connectivity index (χ4v) is 0.484. The zero-order chi connectivity index (χ0) is 7.28. The van der Waals surface area contributed by atoms with Crippen LogP contribution in [0.5, 0.6) is 0 Å². The molecule has 0 bridgehead atoms. The number of ether oxygens (including phenoxy) is 1. The first-order valence-corrected chi connectivity index (χ1v) is 3.27. The summed E-state index contributed by atoms with van der Waals surface area (Å²) in [5, 5.41) is 0. The number of carbonyl (C=O) groups excluding carboxylic acids is 1. The molecule has 1 unspecified atom stereocenters. The van der Waals surface area contributed by atoms with Gasteiger partial charge in [0.1, 0.15) is 5.75 Å². The minimum atomic E-state index is -2.37. The van der Waals surface area contributed by atoms with E-state index in [1.54, 1.807) is 0 Å². The molecule has 0 radical (unpaired) electrons. The van der Waals surface area contributed by atoms with Gasteiger partial charge in [0.25, 0.3) is 0 Å². The van der Waals surface area contributed by atoms with E-state index in [0.29, 0.717) is 0 Å². The molecule has 0 saturated heterocycles. The van der Waals surface area contributed by atoms with Gasteiger partial charge in [0.15, 0.2) is 0 Å². The van der Waals surface area contributed by atoms with Crippen LogP contribution in [0.15, 0.2) is 12.8 Å². The highest BCUT2D eigenvalue weighted by atomic mass is 32.2. The molecule has 0 N–H and O–H groups in total. The van der Waals surface area contributed by atoms with Crippen molar-refractivity contribution in [2.75, 3.05) is 5.75 Å². The lowest BCUT2D eigenvalue weighted by atomic mass is 10.8. The Kier molecular flexibility index (Phi) is 3.90. The van der Waals surface area contributed by atoms with Crippen molar-refractivity contribution in [3.63, 3.8) is 0 Å². The van der Waals surface area contributed by atoms with Crippen LogP contribution < -0.4 is 0 Å². The maximum absolute atomic E-state index is 10.2. The van der Waals surface area contributed by atoms with Crippen LogP contribution in [-0.2, 0) is 20.6 Å². The lowest BCUT2D eigenvalue weighted by Crippen LogP contribution is -2.10. The quantitative estimate of drug-likeness (QED) is 0.310. The van der Waals surface area contributed by atoms with Crippen LogP contribution in [0.4, 0.5) is 0 Å². The second-order valence-electron chi connectivity index (χ2n) is 1.10. The highest BCUT2D eigenvalue weighted by molar-refractivity contribution is 7.79. The molecule has 1 atom stereocenters. The predicted octanol–water partition coefficient (Wildman–Crippen LogP) is -0.448. The molecule has 52 valence electrons. The molecule has 0 aromatic carbocycles. The fourth-order valence-electron chi connectivity index (χ4n) is 0.223. The fraction of sp³-hybridized carbons (Fsp3) is 0.250. The van der Waals surface area contributed by atoms with E-state index in [4.69, 9.17) is 0 Å². The average molecular weight is 149 g/mol. The Morgan fingerprint density at radius 1 is 1.89 bits per heavy atom. The molecule has 4 nitrogen and oxygen atoms in total. The van der Waals surface area contributed by atoms with Crippen molar-refractivity contribution in [1.29, 1.82) is 0 Å². The summed E-state index contributed by atoms with van der Waals surface area (Å²) in [6.07, 6.45) is 0.884. The summed E-state index contributed by atoms with van der Waals surface area (Å²) >= 11 is -2.37. The van der Waals surface area contributed by atoms with Crippen LogP contribution in [0.3, 0.4) is 0 Å². The lowest BCUT2D eigenvalue weighted by molar-refractivity contribution is -0.134. The van der Waals surface area contributed by atoms with Crippen molar-refractivity contribution in [2.24, 2.45) is 0 Å². The first-order chi connectivity index (χ1) is 4.16. The van der Waals surface area contributed by atoms with Gasteiger partial charge in [0.05, 0.1) is 6.26 Å². The highest BCUT2D eigenvalue weighted by Crippen LogP contribution is 1.80. The minimum absolute atomic E-state index is 0.619. The molecule has 9 heavy (non-hydrogen) atoms. The molecule has 0 fully saturated rings. The third kappa shape index (κ3) is 5.19. The second-order valence-corrected chi connectivity index (χ2v) is 2.00. The molecule has 0 rings (SSSR count). The number of esters is 1. The first-order valence-electron chi connectivity index (χ1n) is 2.03. The maximum Gasteiger partial charge on any atom is 0.322 e. The summed E-state index contributed by atoms with van der Waals surface area (Å²) in [6, 6.07) is 0. The van der Waals surface area contributed by atoms with Crippen molar-refractivity contribution in [1.82, 2.24) is 0 Å². The number of hydrogen-bond acceptors (Lipinski definition) is 4. The van der Waals surface area contributed by atoms with E-state index in [9.17, 15) is 13.6 Å². The zero-order valence-electron chi connectivity index (χ0n) is 4.53. The monoisotopic (exact) mass is 149 g/mol. The van der Waals surface area contributed by atoms with Crippen molar-refractivity contribution in [2.45, 2.75) is 0 Å². The largest absolute Gasteiger partial charge is 0.772 e. The van der Waals surface area contributed by atoms with Gasteiger partial charge in [-0.2, -0.15) is 0 Å². The van der Waals surface area contributed by atoms with Crippen LogP contribution in [0.2, 0.25) is 0 Å². The Morgan fingerprint density at radius 2 is 2.44 bits per heavy atom. The summed E-state index contributed by atoms with van der Waals surface area (Å²) < 4.78 is 23.6. The Balaban J connectivity index is 3.50. The SMILES string of the molecule is C=COC(=O)CS(=O)[O-]. The molecular formula is C4H5O4S-. The van der Waals surface area contributed by atoms with Gasteiger partial charge < -0.3 is 9.29 Å². The molecule has 0 aliphatic rings.